The van der Waals surface area contributed by atoms with Gasteiger partial charge in [0.05, 0.1) is 24.2 Å². The van der Waals surface area contributed by atoms with Gasteiger partial charge in [-0.15, -0.1) is 0 Å². The maximum Gasteiger partial charge on any atom is 0.244 e. The van der Waals surface area contributed by atoms with Crippen molar-refractivity contribution in [2.45, 2.75) is 6.42 Å². The number of pyridine rings is 1. The molecule has 2 aromatic rings. The number of carbonyl (C=O) groups excluding carboxylic acids is 2. The van der Waals surface area contributed by atoms with Crippen LogP contribution in [0.2, 0.25) is 10.3 Å². The van der Waals surface area contributed by atoms with Crippen molar-refractivity contribution in [1.29, 1.82) is 0 Å². The molecule has 7 nitrogen and oxygen atoms in total. The smallest absolute Gasteiger partial charge is 0.244 e. The minimum absolute atomic E-state index is 0.00494. The SMILES string of the molecule is CN(C)CCN=C1CC(=O)c2nc(-c3cc(F)c(Cl)nc3Cl)oc2C1=O. The Hall–Kier alpha value is -2.16. The number of rotatable bonds is 4. The molecule has 10 heteroatoms. The maximum absolute atomic E-state index is 13.7. The van der Waals surface area contributed by atoms with E-state index in [4.69, 9.17) is 27.6 Å². The molecule has 0 fully saturated rings. The highest BCUT2D eigenvalue weighted by atomic mass is 35.5. The van der Waals surface area contributed by atoms with E-state index in [1.165, 1.54) is 0 Å². The Morgan fingerprint density at radius 1 is 1.27 bits per heavy atom. The number of halogens is 3. The van der Waals surface area contributed by atoms with Crippen LogP contribution in [0.25, 0.3) is 11.5 Å². The van der Waals surface area contributed by atoms with Crippen LogP contribution in [0.3, 0.4) is 0 Å². The van der Waals surface area contributed by atoms with Crippen LogP contribution in [0, 0.1) is 5.82 Å². The van der Waals surface area contributed by atoms with Crippen LogP contribution in [-0.2, 0) is 0 Å². The van der Waals surface area contributed by atoms with E-state index in [0.717, 1.165) is 6.07 Å². The Morgan fingerprint density at radius 2 is 2.00 bits per heavy atom. The monoisotopic (exact) mass is 398 g/mol. The van der Waals surface area contributed by atoms with E-state index in [0.29, 0.717) is 13.1 Å². The Morgan fingerprint density at radius 3 is 2.69 bits per heavy atom. The molecule has 1 aliphatic carbocycles. The first kappa shape index (κ1) is 18.6. The minimum Gasteiger partial charge on any atom is -0.432 e. The third-order valence-electron chi connectivity index (χ3n) is 3.65. The van der Waals surface area contributed by atoms with Gasteiger partial charge in [-0.1, -0.05) is 23.2 Å². The summed E-state index contributed by atoms with van der Waals surface area (Å²) in [5.41, 5.74) is -0.0174. The van der Waals surface area contributed by atoms with Gasteiger partial charge in [-0.2, -0.15) is 0 Å². The lowest BCUT2D eigenvalue weighted by molar-refractivity contribution is 0.0949. The van der Waals surface area contributed by atoms with Crippen LogP contribution in [0.5, 0.6) is 0 Å². The van der Waals surface area contributed by atoms with Crippen LogP contribution >= 0.6 is 23.2 Å². The lowest BCUT2D eigenvalue weighted by Gasteiger charge is -2.10. The van der Waals surface area contributed by atoms with Gasteiger partial charge in [-0.3, -0.25) is 14.6 Å². The predicted octanol–water partition coefficient (Wildman–Crippen LogP) is 2.95. The highest BCUT2D eigenvalue weighted by Crippen LogP contribution is 2.32. The van der Waals surface area contributed by atoms with Crippen LogP contribution in [0.4, 0.5) is 4.39 Å². The number of fused-ring (bicyclic) bond motifs is 1. The number of hydrogen-bond acceptors (Lipinski definition) is 7. The molecule has 0 bridgehead atoms. The number of oxazole rings is 1. The van der Waals surface area contributed by atoms with E-state index < -0.39 is 22.5 Å². The number of hydrogen-bond donors (Lipinski definition) is 0. The molecule has 0 saturated carbocycles. The molecular formula is C16H13Cl2FN4O3. The van der Waals surface area contributed by atoms with E-state index >= 15 is 0 Å². The number of carbonyl (C=O) groups is 2. The van der Waals surface area contributed by atoms with Crippen molar-refractivity contribution >= 4 is 40.5 Å². The van der Waals surface area contributed by atoms with Gasteiger partial charge >= 0.3 is 0 Å². The van der Waals surface area contributed by atoms with Crippen molar-refractivity contribution in [3.05, 3.63) is 33.6 Å². The molecule has 26 heavy (non-hydrogen) atoms. The molecule has 0 N–H and O–H groups in total. The highest BCUT2D eigenvalue weighted by molar-refractivity contribution is 6.51. The Kier molecular flexibility index (Phi) is 5.17. The number of Topliss-reactive ketones (excluding diaryl/α,β-unsaturated/α-hetero) is 2. The first-order chi connectivity index (χ1) is 12.3. The molecule has 0 unspecified atom stereocenters. The van der Waals surface area contributed by atoms with Gasteiger partial charge in [-0.05, 0) is 20.2 Å². The summed E-state index contributed by atoms with van der Waals surface area (Å²) >= 11 is 11.5. The van der Waals surface area contributed by atoms with Crippen molar-refractivity contribution in [3.63, 3.8) is 0 Å². The van der Waals surface area contributed by atoms with Gasteiger partial charge in [0, 0.05) is 6.54 Å². The molecule has 2 heterocycles. The Labute approximate surface area is 157 Å². The second-order valence-corrected chi connectivity index (χ2v) is 6.57. The molecule has 0 saturated heterocycles. The molecule has 0 aromatic carbocycles. The van der Waals surface area contributed by atoms with Crippen molar-refractivity contribution in [1.82, 2.24) is 14.9 Å². The summed E-state index contributed by atoms with van der Waals surface area (Å²) < 4.78 is 19.1. The summed E-state index contributed by atoms with van der Waals surface area (Å²) in [5.74, 6) is -2.16. The highest BCUT2D eigenvalue weighted by Gasteiger charge is 2.35. The molecule has 0 aliphatic heterocycles. The maximum atomic E-state index is 13.7. The zero-order valence-corrected chi connectivity index (χ0v) is 15.4. The van der Waals surface area contributed by atoms with Gasteiger partial charge in [0.25, 0.3) is 0 Å². The van der Waals surface area contributed by atoms with Crippen molar-refractivity contribution < 1.29 is 18.4 Å². The largest absolute Gasteiger partial charge is 0.432 e. The lowest BCUT2D eigenvalue weighted by Crippen LogP contribution is -2.27. The van der Waals surface area contributed by atoms with Crippen molar-refractivity contribution in [2.75, 3.05) is 27.2 Å². The fourth-order valence-corrected chi connectivity index (χ4v) is 2.74. The molecule has 0 radical (unpaired) electrons. The molecule has 1 aliphatic rings. The fourth-order valence-electron chi connectivity index (χ4n) is 2.33. The summed E-state index contributed by atoms with van der Waals surface area (Å²) in [6, 6.07) is 0.982. The zero-order chi connectivity index (χ0) is 19.0. The second-order valence-electron chi connectivity index (χ2n) is 5.86. The van der Waals surface area contributed by atoms with Gasteiger partial charge in [0.15, 0.2) is 22.4 Å². The third kappa shape index (κ3) is 3.53. The average Bonchev–Trinajstić information content (AvgIpc) is 3.01. The standard InChI is InChI=1S/C16H13Cl2FN4O3/c1-23(2)4-3-20-9-6-10(24)11-13(12(9)25)26-16(21-11)7-5-8(19)15(18)22-14(7)17/h5H,3-4,6H2,1-2H3. The topological polar surface area (TPSA) is 88.7 Å². The zero-order valence-electron chi connectivity index (χ0n) is 13.8. The first-order valence-electron chi connectivity index (χ1n) is 7.56. The van der Waals surface area contributed by atoms with Crippen LogP contribution < -0.4 is 0 Å². The van der Waals surface area contributed by atoms with Crippen molar-refractivity contribution in [3.8, 4) is 11.5 Å². The van der Waals surface area contributed by atoms with E-state index in [9.17, 15) is 14.0 Å². The number of nitrogens with zero attached hydrogens (tertiary/aromatic N) is 4. The molecule has 0 atom stereocenters. The van der Waals surface area contributed by atoms with E-state index in [2.05, 4.69) is 15.0 Å². The van der Waals surface area contributed by atoms with Gasteiger partial charge in [0.1, 0.15) is 5.15 Å². The Bertz CT molecular complexity index is 940. The average molecular weight is 399 g/mol. The summed E-state index contributed by atoms with van der Waals surface area (Å²) in [5, 5.41) is -0.563. The third-order valence-corrected chi connectivity index (χ3v) is 4.21. The summed E-state index contributed by atoms with van der Waals surface area (Å²) in [4.78, 5) is 38.5. The number of aromatic nitrogens is 2. The summed E-state index contributed by atoms with van der Waals surface area (Å²) in [6.07, 6.45) is -0.161. The lowest BCUT2D eigenvalue weighted by atomic mass is 9.97. The molecule has 136 valence electrons. The normalized spacial score (nSPS) is 15.8. The van der Waals surface area contributed by atoms with Crippen LogP contribution in [0.15, 0.2) is 15.5 Å². The van der Waals surface area contributed by atoms with Crippen molar-refractivity contribution in [2.24, 2.45) is 4.99 Å². The Balaban J connectivity index is 1.98. The number of ketones is 2. The number of likely N-dealkylation sites (N-methyl/N-ethyl adjacent to an activating group) is 1. The first-order valence-corrected chi connectivity index (χ1v) is 8.32. The summed E-state index contributed by atoms with van der Waals surface area (Å²) in [7, 11) is 3.75. The van der Waals surface area contributed by atoms with E-state index in [1.54, 1.807) is 0 Å². The molecule has 3 rings (SSSR count). The number of aliphatic imine (C=N–C) groups is 1. The van der Waals surface area contributed by atoms with Crippen LogP contribution in [-0.4, -0.2) is 59.3 Å². The molecule has 0 spiro atoms. The predicted molar refractivity (Wildman–Crippen MR) is 93.8 cm³/mol. The van der Waals surface area contributed by atoms with E-state index in [-0.39, 0.29) is 40.2 Å². The van der Waals surface area contributed by atoms with Gasteiger partial charge in [-0.25, -0.2) is 14.4 Å². The fraction of sp³-hybridized carbons (Fsp3) is 0.312. The molecule has 2 aromatic heterocycles. The minimum atomic E-state index is -0.828. The summed E-state index contributed by atoms with van der Waals surface area (Å²) in [6.45, 7) is 1.00. The van der Waals surface area contributed by atoms with E-state index in [1.807, 2.05) is 19.0 Å². The molecule has 0 amide bonds. The quantitative estimate of drug-likeness (QED) is 0.735. The van der Waals surface area contributed by atoms with Gasteiger partial charge in [0.2, 0.25) is 17.4 Å². The molecular weight excluding hydrogens is 386 g/mol. The van der Waals surface area contributed by atoms with Gasteiger partial charge < -0.3 is 9.32 Å². The van der Waals surface area contributed by atoms with Crippen LogP contribution in [0.1, 0.15) is 27.5 Å². The second kappa shape index (κ2) is 7.22.